The number of para-hydroxylation sites is 1. The van der Waals surface area contributed by atoms with E-state index in [1.165, 1.54) is 5.56 Å². The van der Waals surface area contributed by atoms with Gasteiger partial charge in [0.1, 0.15) is 5.82 Å². The molecule has 23 heavy (non-hydrogen) atoms. The first-order valence-electron chi connectivity index (χ1n) is 7.49. The minimum Gasteiger partial charge on any atom is -0.309 e. The number of halogens is 1. The smallest absolute Gasteiger partial charge is 0.258 e. The van der Waals surface area contributed by atoms with Gasteiger partial charge in [0.2, 0.25) is 0 Å². The third-order valence-corrected chi connectivity index (χ3v) is 4.84. The molecule has 2 aromatic carbocycles. The summed E-state index contributed by atoms with van der Waals surface area (Å²) in [5.41, 5.74) is 1.84. The average molecular weight is 372 g/mol. The summed E-state index contributed by atoms with van der Waals surface area (Å²) in [6.45, 7) is 2.81. The van der Waals surface area contributed by atoms with Gasteiger partial charge in [-0.05, 0) is 37.7 Å². The number of fused-ring (bicyclic) bond motifs is 1. The standard InChI is InChI=1S/C18H18BrN3O/c1-12(22(2)11-13-7-3-5-9-15(13)19)17-20-16-10-6-4-8-14(16)18(23)21-17/h3-10,12H,11H2,1-2H3,(H,20,21,23). The van der Waals surface area contributed by atoms with Crippen LogP contribution in [0.1, 0.15) is 24.4 Å². The molecule has 0 bridgehead atoms. The average Bonchev–Trinajstić information content (AvgIpc) is 2.56. The first-order valence-corrected chi connectivity index (χ1v) is 8.28. The van der Waals surface area contributed by atoms with Gasteiger partial charge >= 0.3 is 0 Å². The Labute approximate surface area is 143 Å². The van der Waals surface area contributed by atoms with E-state index in [4.69, 9.17) is 0 Å². The summed E-state index contributed by atoms with van der Waals surface area (Å²) in [5, 5.41) is 0.622. The van der Waals surface area contributed by atoms with Crippen molar-refractivity contribution in [1.82, 2.24) is 14.9 Å². The third kappa shape index (κ3) is 3.35. The molecule has 1 unspecified atom stereocenters. The molecule has 0 aliphatic heterocycles. The molecule has 0 saturated carbocycles. The van der Waals surface area contributed by atoms with Gasteiger partial charge in [0.15, 0.2) is 0 Å². The molecular weight excluding hydrogens is 354 g/mol. The second-order valence-electron chi connectivity index (χ2n) is 5.65. The maximum atomic E-state index is 12.2. The lowest BCUT2D eigenvalue weighted by Gasteiger charge is -2.24. The molecule has 1 heterocycles. The molecule has 3 aromatic rings. The molecule has 0 spiro atoms. The van der Waals surface area contributed by atoms with Crippen molar-refractivity contribution in [3.8, 4) is 0 Å². The first kappa shape index (κ1) is 15.9. The molecule has 5 heteroatoms. The number of benzene rings is 2. The summed E-state index contributed by atoms with van der Waals surface area (Å²) in [5.74, 6) is 0.684. The molecule has 0 radical (unpaired) electrons. The highest BCUT2D eigenvalue weighted by atomic mass is 79.9. The van der Waals surface area contributed by atoms with Crippen LogP contribution in [0.25, 0.3) is 10.9 Å². The van der Waals surface area contributed by atoms with Crippen LogP contribution in [0, 0.1) is 0 Å². The first-order chi connectivity index (χ1) is 11.1. The lowest BCUT2D eigenvalue weighted by Crippen LogP contribution is -2.26. The van der Waals surface area contributed by atoms with Crippen molar-refractivity contribution in [3.63, 3.8) is 0 Å². The van der Waals surface area contributed by atoms with Crippen LogP contribution >= 0.6 is 15.9 Å². The van der Waals surface area contributed by atoms with Gasteiger partial charge in [0.05, 0.1) is 16.9 Å². The quantitative estimate of drug-likeness (QED) is 0.756. The van der Waals surface area contributed by atoms with Crippen molar-refractivity contribution in [3.05, 3.63) is 74.7 Å². The van der Waals surface area contributed by atoms with E-state index in [0.29, 0.717) is 11.2 Å². The van der Waals surface area contributed by atoms with Gasteiger partial charge in [0, 0.05) is 11.0 Å². The zero-order valence-corrected chi connectivity index (χ0v) is 14.7. The van der Waals surface area contributed by atoms with Gasteiger partial charge in [-0.3, -0.25) is 9.69 Å². The molecule has 0 aliphatic carbocycles. The van der Waals surface area contributed by atoms with E-state index >= 15 is 0 Å². The second kappa shape index (κ2) is 6.64. The zero-order chi connectivity index (χ0) is 16.4. The number of rotatable bonds is 4. The largest absolute Gasteiger partial charge is 0.309 e. The monoisotopic (exact) mass is 371 g/mol. The number of aromatic amines is 1. The van der Waals surface area contributed by atoms with Gasteiger partial charge in [-0.1, -0.05) is 46.3 Å². The lowest BCUT2D eigenvalue weighted by molar-refractivity contribution is 0.243. The van der Waals surface area contributed by atoms with Crippen LogP contribution in [0.2, 0.25) is 0 Å². The van der Waals surface area contributed by atoms with E-state index in [-0.39, 0.29) is 11.6 Å². The summed E-state index contributed by atoms with van der Waals surface area (Å²) in [6, 6.07) is 15.5. The number of hydrogen-bond donors (Lipinski definition) is 1. The van der Waals surface area contributed by atoms with E-state index in [1.54, 1.807) is 6.07 Å². The Morgan fingerprint density at radius 2 is 1.87 bits per heavy atom. The highest BCUT2D eigenvalue weighted by Crippen LogP contribution is 2.22. The van der Waals surface area contributed by atoms with E-state index in [2.05, 4.69) is 36.9 Å². The van der Waals surface area contributed by atoms with Crippen LogP contribution in [0.15, 0.2) is 57.8 Å². The van der Waals surface area contributed by atoms with Gasteiger partial charge in [-0.25, -0.2) is 4.98 Å². The molecule has 0 saturated heterocycles. The summed E-state index contributed by atoms with van der Waals surface area (Å²) < 4.78 is 1.08. The Morgan fingerprint density at radius 1 is 1.17 bits per heavy atom. The highest BCUT2D eigenvalue weighted by Gasteiger charge is 2.16. The minimum absolute atomic E-state index is 0.000544. The van der Waals surface area contributed by atoms with Gasteiger partial charge in [-0.2, -0.15) is 0 Å². The van der Waals surface area contributed by atoms with Crippen LogP contribution in [0.5, 0.6) is 0 Å². The van der Waals surface area contributed by atoms with E-state index in [0.717, 1.165) is 16.5 Å². The second-order valence-corrected chi connectivity index (χ2v) is 6.51. The van der Waals surface area contributed by atoms with Crippen LogP contribution in [-0.4, -0.2) is 21.9 Å². The number of nitrogens with zero attached hydrogens (tertiary/aromatic N) is 2. The van der Waals surface area contributed by atoms with Crippen molar-refractivity contribution in [2.45, 2.75) is 19.5 Å². The minimum atomic E-state index is -0.0910. The molecular formula is C18H18BrN3O. The van der Waals surface area contributed by atoms with E-state index in [1.807, 2.05) is 50.4 Å². The predicted molar refractivity (Wildman–Crippen MR) is 96.4 cm³/mol. The molecule has 4 nitrogen and oxygen atoms in total. The van der Waals surface area contributed by atoms with E-state index < -0.39 is 0 Å². The third-order valence-electron chi connectivity index (χ3n) is 4.07. The number of hydrogen-bond acceptors (Lipinski definition) is 3. The Kier molecular flexibility index (Phi) is 4.59. The summed E-state index contributed by atoms with van der Waals surface area (Å²) in [4.78, 5) is 21.9. The summed E-state index contributed by atoms with van der Waals surface area (Å²) in [7, 11) is 2.03. The zero-order valence-electron chi connectivity index (χ0n) is 13.1. The molecule has 1 N–H and O–H groups in total. The fraction of sp³-hybridized carbons (Fsp3) is 0.222. The Balaban J connectivity index is 1.89. The molecule has 0 amide bonds. The van der Waals surface area contributed by atoms with Crippen molar-refractivity contribution in [2.75, 3.05) is 7.05 Å². The van der Waals surface area contributed by atoms with Crippen LogP contribution in [-0.2, 0) is 6.54 Å². The van der Waals surface area contributed by atoms with Crippen molar-refractivity contribution in [2.24, 2.45) is 0 Å². The van der Waals surface area contributed by atoms with E-state index in [9.17, 15) is 4.79 Å². The number of aromatic nitrogens is 2. The Hall–Kier alpha value is -1.98. The topological polar surface area (TPSA) is 49.0 Å². The highest BCUT2D eigenvalue weighted by molar-refractivity contribution is 9.10. The molecule has 0 fully saturated rings. The summed E-state index contributed by atoms with van der Waals surface area (Å²) in [6.07, 6.45) is 0. The molecule has 118 valence electrons. The van der Waals surface area contributed by atoms with Gasteiger partial charge < -0.3 is 4.98 Å². The Morgan fingerprint density at radius 3 is 2.65 bits per heavy atom. The predicted octanol–water partition coefficient (Wildman–Crippen LogP) is 3.88. The van der Waals surface area contributed by atoms with Crippen molar-refractivity contribution < 1.29 is 0 Å². The van der Waals surface area contributed by atoms with Crippen LogP contribution in [0.3, 0.4) is 0 Å². The number of nitrogens with one attached hydrogen (secondary N) is 1. The maximum absolute atomic E-state index is 12.2. The molecule has 1 atom stereocenters. The normalized spacial score (nSPS) is 12.7. The van der Waals surface area contributed by atoms with Crippen molar-refractivity contribution in [1.29, 1.82) is 0 Å². The molecule has 0 aliphatic rings. The summed E-state index contributed by atoms with van der Waals surface area (Å²) >= 11 is 3.57. The van der Waals surface area contributed by atoms with Crippen molar-refractivity contribution >= 4 is 26.8 Å². The maximum Gasteiger partial charge on any atom is 0.258 e. The van der Waals surface area contributed by atoms with Gasteiger partial charge in [-0.15, -0.1) is 0 Å². The van der Waals surface area contributed by atoms with Crippen LogP contribution < -0.4 is 5.56 Å². The van der Waals surface area contributed by atoms with Gasteiger partial charge in [0.25, 0.3) is 5.56 Å². The fourth-order valence-electron chi connectivity index (χ4n) is 2.54. The SMILES string of the molecule is CC(c1nc2ccccc2c(=O)[nH]1)N(C)Cc1ccccc1Br. The molecule has 3 rings (SSSR count). The fourth-order valence-corrected chi connectivity index (χ4v) is 2.95. The lowest BCUT2D eigenvalue weighted by atomic mass is 10.2. The Bertz CT molecular complexity index is 891. The molecule has 1 aromatic heterocycles. The van der Waals surface area contributed by atoms with Crippen LogP contribution in [0.4, 0.5) is 0 Å². The number of H-pyrrole nitrogens is 1.